The van der Waals surface area contributed by atoms with Crippen molar-refractivity contribution in [3.05, 3.63) is 64.5 Å². The third kappa shape index (κ3) is 5.71. The first-order valence-corrected chi connectivity index (χ1v) is 11.9. The van der Waals surface area contributed by atoms with Crippen molar-refractivity contribution in [3.8, 4) is 5.75 Å². The highest BCUT2D eigenvalue weighted by Crippen LogP contribution is 2.28. The Morgan fingerprint density at radius 1 is 1.19 bits per heavy atom. The summed E-state index contributed by atoms with van der Waals surface area (Å²) in [4.78, 5) is 12.6. The van der Waals surface area contributed by atoms with E-state index in [1.807, 2.05) is 36.7 Å². The van der Waals surface area contributed by atoms with E-state index in [4.69, 9.17) is 4.74 Å². The molecule has 3 rings (SSSR count). The minimum absolute atomic E-state index is 0.0545. The van der Waals surface area contributed by atoms with Gasteiger partial charge < -0.3 is 14.6 Å². The van der Waals surface area contributed by atoms with Crippen LogP contribution in [0.25, 0.3) is 0 Å². The zero-order chi connectivity index (χ0) is 23.3. The number of hydrogen-bond donors (Lipinski definition) is 1. The molecule has 0 fully saturated rings. The SMILES string of the molecule is CCc1cccc(C)c1NC(=O)CSc1nnc(COc2cc(C)ccc2C(C)C)n1C. The van der Waals surface area contributed by atoms with Crippen LogP contribution in [0.3, 0.4) is 0 Å². The molecule has 0 atom stereocenters. The van der Waals surface area contributed by atoms with Crippen LogP contribution >= 0.6 is 11.8 Å². The average molecular weight is 453 g/mol. The van der Waals surface area contributed by atoms with Gasteiger partial charge >= 0.3 is 0 Å². The fourth-order valence-electron chi connectivity index (χ4n) is 3.49. The number of hydrogen-bond acceptors (Lipinski definition) is 5. The van der Waals surface area contributed by atoms with Crippen LogP contribution in [0.4, 0.5) is 5.69 Å². The Morgan fingerprint density at radius 2 is 1.97 bits per heavy atom. The lowest BCUT2D eigenvalue weighted by Crippen LogP contribution is -2.16. The predicted molar refractivity (Wildman–Crippen MR) is 131 cm³/mol. The number of ether oxygens (including phenoxy) is 1. The molecule has 7 heteroatoms. The maximum absolute atomic E-state index is 12.6. The normalized spacial score (nSPS) is 11.1. The molecule has 0 aliphatic heterocycles. The summed E-state index contributed by atoms with van der Waals surface area (Å²) in [5.41, 5.74) is 5.44. The first-order chi connectivity index (χ1) is 15.3. The van der Waals surface area contributed by atoms with E-state index < -0.39 is 0 Å². The number of benzene rings is 2. The Kier molecular flexibility index (Phi) is 7.96. The number of nitrogens with one attached hydrogen (secondary N) is 1. The van der Waals surface area contributed by atoms with Crippen LogP contribution in [-0.2, 0) is 24.9 Å². The Bertz CT molecular complexity index is 1090. The summed E-state index contributed by atoms with van der Waals surface area (Å²) in [5.74, 6) is 2.18. The van der Waals surface area contributed by atoms with Gasteiger partial charge in [-0.05, 0) is 54.5 Å². The topological polar surface area (TPSA) is 69.0 Å². The molecule has 0 spiro atoms. The van der Waals surface area contributed by atoms with E-state index in [0.717, 1.165) is 40.4 Å². The second-order valence-electron chi connectivity index (χ2n) is 8.24. The van der Waals surface area contributed by atoms with E-state index in [2.05, 4.69) is 61.4 Å². The van der Waals surface area contributed by atoms with Gasteiger partial charge in [0, 0.05) is 12.7 Å². The second-order valence-corrected chi connectivity index (χ2v) is 9.18. The molecule has 0 aliphatic carbocycles. The minimum Gasteiger partial charge on any atom is -0.485 e. The number of thioether (sulfide) groups is 1. The van der Waals surface area contributed by atoms with Gasteiger partial charge in [-0.2, -0.15) is 0 Å². The predicted octanol–water partition coefficient (Wildman–Crippen LogP) is 5.43. The summed E-state index contributed by atoms with van der Waals surface area (Å²) < 4.78 is 7.97. The highest BCUT2D eigenvalue weighted by atomic mass is 32.2. The molecule has 0 saturated carbocycles. The number of carbonyl (C=O) groups excluding carboxylic acids is 1. The fraction of sp³-hybridized carbons (Fsp3) is 0.400. The molecule has 0 radical (unpaired) electrons. The van der Waals surface area contributed by atoms with Crippen LogP contribution in [0, 0.1) is 13.8 Å². The highest BCUT2D eigenvalue weighted by Gasteiger charge is 2.15. The average Bonchev–Trinajstić information content (AvgIpc) is 3.11. The van der Waals surface area contributed by atoms with Crippen LogP contribution in [0.15, 0.2) is 41.6 Å². The van der Waals surface area contributed by atoms with Gasteiger partial charge in [0.15, 0.2) is 11.0 Å². The number of anilines is 1. The lowest BCUT2D eigenvalue weighted by molar-refractivity contribution is -0.113. The Balaban J connectivity index is 1.61. The molecule has 1 aromatic heterocycles. The molecule has 6 nitrogen and oxygen atoms in total. The van der Waals surface area contributed by atoms with E-state index in [1.54, 1.807) is 0 Å². The Hall–Kier alpha value is -2.80. The van der Waals surface area contributed by atoms with Crippen molar-refractivity contribution in [1.82, 2.24) is 14.8 Å². The molecule has 0 saturated heterocycles. The molecule has 32 heavy (non-hydrogen) atoms. The number of para-hydroxylation sites is 1. The molecule has 3 aromatic rings. The van der Waals surface area contributed by atoms with Gasteiger partial charge in [-0.3, -0.25) is 4.79 Å². The van der Waals surface area contributed by atoms with Crippen LogP contribution in [0.1, 0.15) is 54.8 Å². The summed E-state index contributed by atoms with van der Waals surface area (Å²) in [5, 5.41) is 12.3. The molecule has 0 unspecified atom stereocenters. The largest absolute Gasteiger partial charge is 0.485 e. The molecule has 170 valence electrons. The standard InChI is InChI=1S/C25H32N4O2S/c1-7-19-10-8-9-18(5)24(19)26-23(30)15-32-25-28-27-22(29(25)6)14-31-21-13-17(4)11-12-20(21)16(2)3/h8-13,16H,7,14-15H2,1-6H3,(H,26,30). The quantitative estimate of drug-likeness (QED) is 0.439. The van der Waals surface area contributed by atoms with E-state index in [1.165, 1.54) is 17.3 Å². The van der Waals surface area contributed by atoms with Gasteiger partial charge in [-0.15, -0.1) is 10.2 Å². The van der Waals surface area contributed by atoms with Crippen LogP contribution in [0.2, 0.25) is 0 Å². The molecule has 2 aromatic carbocycles. The number of aryl methyl sites for hydroxylation is 3. The van der Waals surface area contributed by atoms with E-state index in [9.17, 15) is 4.79 Å². The summed E-state index contributed by atoms with van der Waals surface area (Å²) in [7, 11) is 1.90. The monoisotopic (exact) mass is 452 g/mol. The third-order valence-corrected chi connectivity index (χ3v) is 6.43. The van der Waals surface area contributed by atoms with Crippen molar-refractivity contribution in [3.63, 3.8) is 0 Å². The van der Waals surface area contributed by atoms with Crippen molar-refractivity contribution in [2.24, 2.45) is 7.05 Å². The molecular formula is C25H32N4O2S. The summed E-state index contributed by atoms with van der Waals surface area (Å²) >= 11 is 1.37. The maximum Gasteiger partial charge on any atom is 0.234 e. The van der Waals surface area contributed by atoms with Gasteiger partial charge in [-0.1, -0.05) is 62.9 Å². The summed E-state index contributed by atoms with van der Waals surface area (Å²) in [6.45, 7) is 10.8. The molecule has 0 aliphatic rings. The summed E-state index contributed by atoms with van der Waals surface area (Å²) in [6, 6.07) is 12.3. The second kappa shape index (κ2) is 10.7. The molecule has 1 heterocycles. The van der Waals surface area contributed by atoms with Crippen molar-refractivity contribution in [2.75, 3.05) is 11.1 Å². The maximum atomic E-state index is 12.6. The van der Waals surface area contributed by atoms with Crippen molar-refractivity contribution in [1.29, 1.82) is 0 Å². The van der Waals surface area contributed by atoms with Crippen molar-refractivity contribution < 1.29 is 9.53 Å². The van der Waals surface area contributed by atoms with Crippen LogP contribution in [-0.4, -0.2) is 26.4 Å². The minimum atomic E-state index is -0.0545. The van der Waals surface area contributed by atoms with Crippen LogP contribution in [0.5, 0.6) is 5.75 Å². The van der Waals surface area contributed by atoms with Gasteiger partial charge in [0.1, 0.15) is 12.4 Å². The molecule has 1 N–H and O–H groups in total. The van der Waals surface area contributed by atoms with E-state index >= 15 is 0 Å². The number of amides is 1. The Labute approximate surface area is 194 Å². The third-order valence-electron chi connectivity index (χ3n) is 5.41. The van der Waals surface area contributed by atoms with E-state index in [-0.39, 0.29) is 11.7 Å². The molecule has 0 bridgehead atoms. The Morgan fingerprint density at radius 3 is 2.69 bits per heavy atom. The first kappa shape index (κ1) is 23.9. The van der Waals surface area contributed by atoms with Gasteiger partial charge in [0.25, 0.3) is 0 Å². The van der Waals surface area contributed by atoms with E-state index in [0.29, 0.717) is 17.7 Å². The van der Waals surface area contributed by atoms with Crippen LogP contribution < -0.4 is 10.1 Å². The number of nitrogens with zero attached hydrogens (tertiary/aromatic N) is 3. The smallest absolute Gasteiger partial charge is 0.234 e. The van der Waals surface area contributed by atoms with Gasteiger partial charge in [-0.25, -0.2) is 0 Å². The van der Waals surface area contributed by atoms with Crippen molar-refractivity contribution >= 4 is 23.4 Å². The van der Waals surface area contributed by atoms with Gasteiger partial charge in [0.2, 0.25) is 5.91 Å². The molecular weight excluding hydrogens is 420 g/mol. The number of aromatic nitrogens is 3. The fourth-order valence-corrected chi connectivity index (χ4v) is 4.22. The summed E-state index contributed by atoms with van der Waals surface area (Å²) in [6.07, 6.45) is 0.872. The zero-order valence-electron chi connectivity index (χ0n) is 19.7. The lowest BCUT2D eigenvalue weighted by Gasteiger charge is -2.14. The number of carbonyl (C=O) groups is 1. The molecule has 1 amide bonds. The number of rotatable bonds is 9. The van der Waals surface area contributed by atoms with Gasteiger partial charge in [0.05, 0.1) is 5.75 Å². The zero-order valence-corrected chi connectivity index (χ0v) is 20.5. The first-order valence-electron chi connectivity index (χ1n) is 10.9. The lowest BCUT2D eigenvalue weighted by atomic mass is 10.0. The highest BCUT2D eigenvalue weighted by molar-refractivity contribution is 7.99. The van der Waals surface area contributed by atoms with Crippen molar-refractivity contribution in [2.45, 2.75) is 58.7 Å².